The van der Waals surface area contributed by atoms with Crippen LogP contribution in [0.15, 0.2) is 18.2 Å². The largest absolute Gasteiger partial charge is 0.484 e. The molecule has 1 aromatic rings. The Hall–Kier alpha value is -1.71. The van der Waals surface area contributed by atoms with Gasteiger partial charge < -0.3 is 15.8 Å². The molecule has 4 heteroatoms. The van der Waals surface area contributed by atoms with Gasteiger partial charge >= 0.3 is 0 Å². The van der Waals surface area contributed by atoms with Crippen molar-refractivity contribution in [2.45, 2.75) is 38.6 Å². The number of carbonyl (C=O) groups excluding carboxylic acids is 1. The van der Waals surface area contributed by atoms with E-state index in [9.17, 15) is 4.79 Å². The third-order valence-electron chi connectivity index (χ3n) is 3.33. The average molecular weight is 248 g/mol. The number of hydrogen-bond donors (Lipinski definition) is 2. The Morgan fingerprint density at radius 2 is 2.17 bits per heavy atom. The molecule has 98 valence electrons. The molecule has 1 saturated carbocycles. The zero-order valence-corrected chi connectivity index (χ0v) is 10.7. The van der Waals surface area contributed by atoms with Crippen molar-refractivity contribution in [3.05, 3.63) is 23.8 Å². The number of hydrogen-bond acceptors (Lipinski definition) is 3. The quantitative estimate of drug-likeness (QED) is 0.801. The lowest BCUT2D eigenvalue weighted by Crippen LogP contribution is -2.36. The molecule has 3 N–H and O–H groups in total. The third kappa shape index (κ3) is 3.39. The van der Waals surface area contributed by atoms with Crippen LogP contribution in [0.4, 0.5) is 5.69 Å². The minimum Gasteiger partial charge on any atom is -0.484 e. The van der Waals surface area contributed by atoms with E-state index in [2.05, 4.69) is 5.32 Å². The molecule has 1 amide bonds. The number of nitrogens with two attached hydrogens (primary N) is 1. The topological polar surface area (TPSA) is 64.3 Å². The molecule has 1 aliphatic carbocycles. The molecule has 0 radical (unpaired) electrons. The van der Waals surface area contributed by atoms with Gasteiger partial charge in [-0.1, -0.05) is 12.8 Å². The molecule has 0 spiro atoms. The van der Waals surface area contributed by atoms with E-state index in [4.69, 9.17) is 10.5 Å². The Morgan fingerprint density at radius 3 is 2.83 bits per heavy atom. The average Bonchev–Trinajstić information content (AvgIpc) is 2.83. The van der Waals surface area contributed by atoms with Crippen LogP contribution in [0.5, 0.6) is 5.75 Å². The van der Waals surface area contributed by atoms with Gasteiger partial charge in [0.2, 0.25) is 0 Å². The lowest BCUT2D eigenvalue weighted by molar-refractivity contribution is -0.123. The van der Waals surface area contributed by atoms with E-state index in [0.717, 1.165) is 24.1 Å². The number of aryl methyl sites for hydroxylation is 1. The van der Waals surface area contributed by atoms with E-state index in [1.165, 1.54) is 12.8 Å². The van der Waals surface area contributed by atoms with Gasteiger partial charge in [0, 0.05) is 11.7 Å². The molecule has 0 heterocycles. The van der Waals surface area contributed by atoms with Gasteiger partial charge in [0.1, 0.15) is 5.75 Å². The fourth-order valence-electron chi connectivity index (χ4n) is 2.23. The number of ether oxygens (including phenoxy) is 1. The first-order valence-corrected chi connectivity index (χ1v) is 6.43. The van der Waals surface area contributed by atoms with E-state index in [1.54, 1.807) is 12.1 Å². The first-order chi connectivity index (χ1) is 8.65. The third-order valence-corrected chi connectivity index (χ3v) is 3.33. The fraction of sp³-hybridized carbons (Fsp3) is 0.500. The SMILES string of the molecule is Cc1cc(OCC(=O)NC2CCCC2)ccc1N. The van der Waals surface area contributed by atoms with Crippen molar-refractivity contribution >= 4 is 11.6 Å². The van der Waals surface area contributed by atoms with E-state index in [1.807, 2.05) is 13.0 Å². The summed E-state index contributed by atoms with van der Waals surface area (Å²) in [6.45, 7) is 1.99. The monoisotopic (exact) mass is 248 g/mol. The standard InChI is InChI=1S/C14H20N2O2/c1-10-8-12(6-7-13(10)15)18-9-14(17)16-11-4-2-3-5-11/h6-8,11H,2-5,9,15H2,1H3,(H,16,17). The van der Waals surface area contributed by atoms with Crippen molar-refractivity contribution in [2.75, 3.05) is 12.3 Å². The zero-order valence-electron chi connectivity index (χ0n) is 10.7. The minimum absolute atomic E-state index is 0.0450. The number of amides is 1. The van der Waals surface area contributed by atoms with Crippen molar-refractivity contribution in [2.24, 2.45) is 0 Å². The Bertz CT molecular complexity index is 426. The lowest BCUT2D eigenvalue weighted by Gasteiger charge is -2.13. The van der Waals surface area contributed by atoms with Crippen LogP contribution in [0.2, 0.25) is 0 Å². The van der Waals surface area contributed by atoms with Crippen LogP contribution >= 0.6 is 0 Å². The van der Waals surface area contributed by atoms with Crippen molar-refractivity contribution in [1.29, 1.82) is 0 Å². The maximum Gasteiger partial charge on any atom is 0.258 e. The number of benzene rings is 1. The van der Waals surface area contributed by atoms with Crippen molar-refractivity contribution in [3.63, 3.8) is 0 Å². The van der Waals surface area contributed by atoms with Gasteiger partial charge in [-0.25, -0.2) is 0 Å². The highest BCUT2D eigenvalue weighted by molar-refractivity contribution is 5.77. The lowest BCUT2D eigenvalue weighted by atomic mass is 10.2. The van der Waals surface area contributed by atoms with Crippen LogP contribution < -0.4 is 15.8 Å². The molecule has 1 aromatic carbocycles. The number of anilines is 1. The summed E-state index contributed by atoms with van der Waals surface area (Å²) < 4.78 is 5.45. The van der Waals surface area contributed by atoms with E-state index in [0.29, 0.717) is 11.8 Å². The molecular formula is C14H20N2O2. The van der Waals surface area contributed by atoms with Crippen LogP contribution in [0.25, 0.3) is 0 Å². The van der Waals surface area contributed by atoms with Gasteiger partial charge in [-0.15, -0.1) is 0 Å². The van der Waals surface area contributed by atoms with Gasteiger partial charge in [0.15, 0.2) is 6.61 Å². The summed E-state index contributed by atoms with van der Waals surface area (Å²) in [5.74, 6) is 0.639. The molecule has 1 fully saturated rings. The molecule has 0 aromatic heterocycles. The molecule has 4 nitrogen and oxygen atoms in total. The van der Waals surface area contributed by atoms with Crippen LogP contribution in [-0.2, 0) is 4.79 Å². The first-order valence-electron chi connectivity index (χ1n) is 6.43. The minimum atomic E-state index is -0.0450. The Morgan fingerprint density at radius 1 is 1.44 bits per heavy atom. The Labute approximate surface area is 108 Å². The van der Waals surface area contributed by atoms with Crippen LogP contribution in [0.1, 0.15) is 31.2 Å². The van der Waals surface area contributed by atoms with Crippen LogP contribution in [0.3, 0.4) is 0 Å². The number of nitrogens with one attached hydrogen (secondary N) is 1. The molecule has 18 heavy (non-hydrogen) atoms. The highest BCUT2D eigenvalue weighted by Crippen LogP contribution is 2.19. The van der Waals surface area contributed by atoms with Crippen LogP contribution in [0, 0.1) is 6.92 Å². The molecule has 1 aliphatic rings. The maximum absolute atomic E-state index is 11.7. The van der Waals surface area contributed by atoms with Gasteiger partial charge in [-0.05, 0) is 43.5 Å². The van der Waals surface area contributed by atoms with Gasteiger partial charge in [0.25, 0.3) is 5.91 Å². The second kappa shape index (κ2) is 5.76. The van der Waals surface area contributed by atoms with Crippen LogP contribution in [-0.4, -0.2) is 18.6 Å². The van der Waals surface area contributed by atoms with E-state index >= 15 is 0 Å². The molecule has 0 atom stereocenters. The first kappa shape index (κ1) is 12.7. The van der Waals surface area contributed by atoms with Gasteiger partial charge in [-0.3, -0.25) is 4.79 Å². The summed E-state index contributed by atoms with van der Waals surface area (Å²) in [5.41, 5.74) is 7.41. The molecule has 0 bridgehead atoms. The summed E-state index contributed by atoms with van der Waals surface area (Å²) in [7, 11) is 0. The van der Waals surface area contributed by atoms with E-state index in [-0.39, 0.29) is 12.5 Å². The van der Waals surface area contributed by atoms with Gasteiger partial charge in [0.05, 0.1) is 0 Å². The Balaban J connectivity index is 1.79. The summed E-state index contributed by atoms with van der Waals surface area (Å²) in [6, 6.07) is 5.76. The number of rotatable bonds is 4. The summed E-state index contributed by atoms with van der Waals surface area (Å²) >= 11 is 0. The second-order valence-corrected chi connectivity index (χ2v) is 4.86. The number of carbonyl (C=O) groups is 1. The highest BCUT2D eigenvalue weighted by Gasteiger charge is 2.17. The summed E-state index contributed by atoms with van der Waals surface area (Å²) in [4.78, 5) is 11.7. The normalized spacial score (nSPS) is 15.6. The number of nitrogen functional groups attached to an aromatic ring is 1. The molecule has 2 rings (SSSR count). The van der Waals surface area contributed by atoms with Crippen molar-refractivity contribution < 1.29 is 9.53 Å². The molecule has 0 saturated heterocycles. The molecule has 0 unspecified atom stereocenters. The van der Waals surface area contributed by atoms with E-state index < -0.39 is 0 Å². The predicted molar refractivity (Wildman–Crippen MR) is 71.5 cm³/mol. The smallest absolute Gasteiger partial charge is 0.258 e. The zero-order chi connectivity index (χ0) is 13.0. The second-order valence-electron chi connectivity index (χ2n) is 4.86. The Kier molecular flexibility index (Phi) is 4.07. The summed E-state index contributed by atoms with van der Waals surface area (Å²) in [6.07, 6.45) is 4.60. The van der Waals surface area contributed by atoms with Crippen molar-refractivity contribution in [1.82, 2.24) is 5.32 Å². The highest BCUT2D eigenvalue weighted by atomic mass is 16.5. The maximum atomic E-state index is 11.7. The molecule has 0 aliphatic heterocycles. The van der Waals surface area contributed by atoms with Gasteiger partial charge in [-0.2, -0.15) is 0 Å². The summed E-state index contributed by atoms with van der Waals surface area (Å²) in [5, 5.41) is 2.99. The predicted octanol–water partition coefficient (Wildman–Crippen LogP) is 2.01. The molecular weight excluding hydrogens is 228 g/mol. The fourth-order valence-corrected chi connectivity index (χ4v) is 2.23. The van der Waals surface area contributed by atoms with Crippen molar-refractivity contribution in [3.8, 4) is 5.75 Å².